The SMILES string of the molecule is COc1ccc(C(C)NC(=O)CCC(C)C)cc1F. The van der Waals surface area contributed by atoms with Crippen LogP contribution in [0, 0.1) is 11.7 Å². The number of rotatable bonds is 6. The van der Waals surface area contributed by atoms with Gasteiger partial charge in [0.1, 0.15) is 0 Å². The lowest BCUT2D eigenvalue weighted by Gasteiger charge is -2.15. The molecule has 0 aliphatic rings. The van der Waals surface area contributed by atoms with Crippen LogP contribution in [0.2, 0.25) is 0 Å². The second-order valence-corrected chi connectivity index (χ2v) is 5.12. The first-order valence-corrected chi connectivity index (χ1v) is 6.56. The smallest absolute Gasteiger partial charge is 0.220 e. The lowest BCUT2D eigenvalue weighted by atomic mass is 10.1. The second-order valence-electron chi connectivity index (χ2n) is 5.12. The van der Waals surface area contributed by atoms with Crippen LogP contribution >= 0.6 is 0 Å². The van der Waals surface area contributed by atoms with E-state index in [1.165, 1.54) is 13.2 Å². The van der Waals surface area contributed by atoms with Crippen LogP contribution < -0.4 is 10.1 Å². The molecule has 0 saturated carbocycles. The van der Waals surface area contributed by atoms with Gasteiger partial charge in [0.05, 0.1) is 13.2 Å². The van der Waals surface area contributed by atoms with Crippen LogP contribution in [0.3, 0.4) is 0 Å². The summed E-state index contributed by atoms with van der Waals surface area (Å²) >= 11 is 0. The predicted octanol–water partition coefficient (Wildman–Crippen LogP) is 3.45. The molecular weight excluding hydrogens is 245 g/mol. The summed E-state index contributed by atoms with van der Waals surface area (Å²) in [7, 11) is 1.43. The number of carbonyl (C=O) groups excluding carboxylic acids is 1. The maximum atomic E-state index is 13.6. The van der Waals surface area contributed by atoms with Gasteiger partial charge in [0.25, 0.3) is 0 Å². The third kappa shape index (κ3) is 4.89. The molecule has 1 aromatic carbocycles. The maximum absolute atomic E-state index is 13.6. The average molecular weight is 267 g/mol. The lowest BCUT2D eigenvalue weighted by molar-refractivity contribution is -0.122. The molecule has 1 atom stereocenters. The Kier molecular flexibility index (Phi) is 5.80. The van der Waals surface area contributed by atoms with Crippen LogP contribution in [-0.4, -0.2) is 13.0 Å². The van der Waals surface area contributed by atoms with E-state index in [0.717, 1.165) is 12.0 Å². The quantitative estimate of drug-likeness (QED) is 0.857. The van der Waals surface area contributed by atoms with E-state index in [2.05, 4.69) is 19.2 Å². The molecule has 0 radical (unpaired) electrons. The molecule has 4 heteroatoms. The molecule has 0 heterocycles. The summed E-state index contributed by atoms with van der Waals surface area (Å²) in [5.41, 5.74) is 0.733. The van der Waals surface area contributed by atoms with Gasteiger partial charge in [0.2, 0.25) is 5.91 Å². The van der Waals surface area contributed by atoms with E-state index in [1.54, 1.807) is 12.1 Å². The van der Waals surface area contributed by atoms with Gasteiger partial charge in [0.15, 0.2) is 11.6 Å². The van der Waals surface area contributed by atoms with Crippen molar-refractivity contribution in [2.45, 2.75) is 39.7 Å². The highest BCUT2D eigenvalue weighted by Gasteiger charge is 2.12. The standard InChI is InChI=1S/C15H22FNO2/c1-10(2)5-8-15(18)17-11(3)12-6-7-14(19-4)13(16)9-12/h6-7,9-11H,5,8H2,1-4H3,(H,17,18). The van der Waals surface area contributed by atoms with Crippen LogP contribution in [0.4, 0.5) is 4.39 Å². The van der Waals surface area contributed by atoms with E-state index >= 15 is 0 Å². The Hall–Kier alpha value is -1.58. The zero-order valence-corrected chi connectivity index (χ0v) is 12.0. The first-order valence-electron chi connectivity index (χ1n) is 6.56. The third-order valence-electron chi connectivity index (χ3n) is 3.00. The van der Waals surface area contributed by atoms with Crippen molar-refractivity contribution in [3.05, 3.63) is 29.6 Å². The first kappa shape index (κ1) is 15.5. The minimum atomic E-state index is -0.414. The average Bonchev–Trinajstić information content (AvgIpc) is 2.36. The van der Waals surface area contributed by atoms with E-state index in [1.807, 2.05) is 6.92 Å². The molecule has 1 unspecified atom stereocenters. The number of hydrogen-bond donors (Lipinski definition) is 1. The minimum absolute atomic E-state index is 0.00238. The zero-order chi connectivity index (χ0) is 14.4. The molecule has 19 heavy (non-hydrogen) atoms. The Morgan fingerprint density at radius 1 is 1.37 bits per heavy atom. The third-order valence-corrected chi connectivity index (χ3v) is 3.00. The van der Waals surface area contributed by atoms with Crippen molar-refractivity contribution < 1.29 is 13.9 Å². The fourth-order valence-corrected chi connectivity index (χ4v) is 1.77. The van der Waals surface area contributed by atoms with Gasteiger partial charge in [0, 0.05) is 6.42 Å². The number of amides is 1. The van der Waals surface area contributed by atoms with Crippen LogP contribution in [0.1, 0.15) is 45.2 Å². The molecule has 0 saturated heterocycles. The van der Waals surface area contributed by atoms with Gasteiger partial charge in [-0.2, -0.15) is 0 Å². The number of halogens is 1. The number of ether oxygens (including phenoxy) is 1. The van der Waals surface area contributed by atoms with Gasteiger partial charge < -0.3 is 10.1 Å². The molecule has 1 aromatic rings. The molecule has 0 fully saturated rings. The van der Waals surface area contributed by atoms with E-state index < -0.39 is 5.82 Å². The zero-order valence-electron chi connectivity index (χ0n) is 12.0. The number of nitrogens with one attached hydrogen (secondary N) is 1. The summed E-state index contributed by atoms with van der Waals surface area (Å²) in [5, 5.41) is 2.87. The van der Waals surface area contributed by atoms with E-state index in [4.69, 9.17) is 4.74 Å². The van der Waals surface area contributed by atoms with Crippen molar-refractivity contribution in [2.75, 3.05) is 7.11 Å². The van der Waals surface area contributed by atoms with Gasteiger partial charge in [-0.05, 0) is 37.0 Å². The van der Waals surface area contributed by atoms with E-state index in [-0.39, 0.29) is 17.7 Å². The number of methoxy groups -OCH3 is 1. The first-order chi connectivity index (χ1) is 8.93. The largest absolute Gasteiger partial charge is 0.494 e. The van der Waals surface area contributed by atoms with Crippen molar-refractivity contribution >= 4 is 5.91 Å². The molecule has 106 valence electrons. The van der Waals surface area contributed by atoms with Gasteiger partial charge in [-0.15, -0.1) is 0 Å². The van der Waals surface area contributed by atoms with Crippen LogP contribution in [0.15, 0.2) is 18.2 Å². The Balaban J connectivity index is 2.60. The molecule has 0 spiro atoms. The van der Waals surface area contributed by atoms with Gasteiger partial charge in [-0.1, -0.05) is 19.9 Å². The fourth-order valence-electron chi connectivity index (χ4n) is 1.77. The topological polar surface area (TPSA) is 38.3 Å². The fraction of sp³-hybridized carbons (Fsp3) is 0.533. The summed E-state index contributed by atoms with van der Waals surface area (Å²) < 4.78 is 18.4. The molecule has 0 aliphatic heterocycles. The summed E-state index contributed by atoms with van der Waals surface area (Å²) in [6.45, 7) is 6.00. The normalized spacial score (nSPS) is 12.3. The monoisotopic (exact) mass is 267 g/mol. The lowest BCUT2D eigenvalue weighted by Crippen LogP contribution is -2.26. The Bertz CT molecular complexity index is 432. The number of benzene rings is 1. The van der Waals surface area contributed by atoms with Crippen molar-refractivity contribution in [1.29, 1.82) is 0 Å². The van der Waals surface area contributed by atoms with Crippen molar-refractivity contribution in [1.82, 2.24) is 5.32 Å². The summed E-state index contributed by atoms with van der Waals surface area (Å²) in [4.78, 5) is 11.7. The Morgan fingerprint density at radius 2 is 2.05 bits per heavy atom. The number of hydrogen-bond acceptors (Lipinski definition) is 2. The van der Waals surface area contributed by atoms with Crippen LogP contribution in [0.5, 0.6) is 5.75 Å². The summed E-state index contributed by atoms with van der Waals surface area (Å²) in [5.74, 6) is 0.294. The van der Waals surface area contributed by atoms with Crippen LogP contribution in [0.25, 0.3) is 0 Å². The number of carbonyl (C=O) groups is 1. The maximum Gasteiger partial charge on any atom is 0.220 e. The summed E-state index contributed by atoms with van der Waals surface area (Å²) in [6, 6.07) is 4.52. The van der Waals surface area contributed by atoms with Gasteiger partial charge >= 0.3 is 0 Å². The Morgan fingerprint density at radius 3 is 2.58 bits per heavy atom. The van der Waals surface area contributed by atoms with Crippen molar-refractivity contribution in [2.24, 2.45) is 5.92 Å². The van der Waals surface area contributed by atoms with Crippen LogP contribution in [-0.2, 0) is 4.79 Å². The van der Waals surface area contributed by atoms with Gasteiger partial charge in [-0.25, -0.2) is 4.39 Å². The highest BCUT2D eigenvalue weighted by atomic mass is 19.1. The molecular formula is C15H22FNO2. The van der Waals surface area contributed by atoms with Crippen molar-refractivity contribution in [3.8, 4) is 5.75 Å². The van der Waals surface area contributed by atoms with E-state index in [0.29, 0.717) is 12.3 Å². The van der Waals surface area contributed by atoms with E-state index in [9.17, 15) is 9.18 Å². The minimum Gasteiger partial charge on any atom is -0.494 e. The van der Waals surface area contributed by atoms with Crippen molar-refractivity contribution in [3.63, 3.8) is 0 Å². The molecule has 0 bridgehead atoms. The highest BCUT2D eigenvalue weighted by molar-refractivity contribution is 5.76. The Labute approximate surface area is 114 Å². The predicted molar refractivity (Wildman–Crippen MR) is 73.6 cm³/mol. The highest BCUT2D eigenvalue weighted by Crippen LogP contribution is 2.21. The molecule has 1 N–H and O–H groups in total. The van der Waals surface area contributed by atoms with Gasteiger partial charge in [-0.3, -0.25) is 4.79 Å². The molecule has 1 rings (SSSR count). The second kappa shape index (κ2) is 7.12. The molecule has 3 nitrogen and oxygen atoms in total. The molecule has 0 aromatic heterocycles. The molecule has 0 aliphatic carbocycles. The summed E-state index contributed by atoms with van der Waals surface area (Å²) in [6.07, 6.45) is 1.36. The molecule has 1 amide bonds.